The van der Waals surface area contributed by atoms with E-state index in [1.807, 2.05) is 0 Å². The van der Waals surface area contributed by atoms with Crippen LogP contribution in [0.1, 0.15) is 213 Å². The van der Waals surface area contributed by atoms with Crippen molar-refractivity contribution in [3.63, 3.8) is 0 Å². The van der Waals surface area contributed by atoms with Crippen LogP contribution in [-0.2, 0) is 20.8 Å². The van der Waals surface area contributed by atoms with Gasteiger partial charge in [0.15, 0.2) is 0 Å². The molecule has 52 heavy (non-hydrogen) atoms. The number of nitrogens with zero attached hydrogens (tertiary/aromatic N) is 2. The zero-order valence-electron chi connectivity index (χ0n) is 35.6. The molecule has 12 heteroatoms. The molecular weight excluding hydrogens is 701 g/mol. The summed E-state index contributed by atoms with van der Waals surface area (Å²) in [6, 6.07) is 0.823. The molecule has 0 amide bonds. The summed E-state index contributed by atoms with van der Waals surface area (Å²) in [5.74, 6) is 0. The predicted octanol–water partition coefficient (Wildman–Crippen LogP) is 11.7. The van der Waals surface area contributed by atoms with E-state index in [2.05, 4.69) is 60.9 Å². The first-order chi connectivity index (χ1) is 24.3. The molecule has 0 radical (unpaired) electrons. The van der Waals surface area contributed by atoms with Crippen LogP contribution in [0.15, 0.2) is 0 Å². The summed E-state index contributed by atoms with van der Waals surface area (Å²) in [7, 11) is 1.84. The standard InChI is InChI=1S/C25H53N.C15H34N.2H2O4S/c1-5-7-9-11-13-15-16-18-20-22-24-25(26(3)4)23-21-19-17-14-12-10-8-6-2;1-5-6-7-8-9-10-11-12-13-14-15-16(2,3)4;2*1-5(2,3)4/h25H,5-24H2,1-4H3;5-15H2,1-4H3;2*(H2,1,2,3,4)/q;+1;;/p-1. The van der Waals surface area contributed by atoms with Crippen LogP contribution in [0.5, 0.6) is 0 Å². The lowest BCUT2D eigenvalue weighted by molar-refractivity contribution is -0.870. The van der Waals surface area contributed by atoms with Crippen LogP contribution in [0.3, 0.4) is 0 Å². The van der Waals surface area contributed by atoms with Gasteiger partial charge in [0.1, 0.15) is 0 Å². The molecule has 0 aliphatic rings. The smallest absolute Gasteiger partial charge is 0.394 e. The van der Waals surface area contributed by atoms with Crippen molar-refractivity contribution >= 4 is 20.8 Å². The Bertz CT molecular complexity index is 850. The van der Waals surface area contributed by atoms with Crippen molar-refractivity contribution in [1.29, 1.82) is 0 Å². The second-order valence-electron chi connectivity index (χ2n) is 15.9. The van der Waals surface area contributed by atoms with E-state index in [-0.39, 0.29) is 0 Å². The minimum atomic E-state index is -4.92. The normalized spacial score (nSPS) is 12.3. The van der Waals surface area contributed by atoms with Gasteiger partial charge >= 0.3 is 10.4 Å². The van der Waals surface area contributed by atoms with E-state index < -0.39 is 20.8 Å². The van der Waals surface area contributed by atoms with Crippen molar-refractivity contribution in [2.24, 2.45) is 0 Å². The first-order valence-corrected chi connectivity index (χ1v) is 23.9. The van der Waals surface area contributed by atoms with Crippen molar-refractivity contribution in [1.82, 2.24) is 4.90 Å². The van der Waals surface area contributed by atoms with E-state index in [0.717, 1.165) is 10.5 Å². The topological polar surface area (TPSA) is 155 Å². The molecular formula is C40H90N2O8S2. The van der Waals surface area contributed by atoms with Crippen molar-refractivity contribution in [3.8, 4) is 0 Å². The maximum atomic E-state index is 8.74. The summed E-state index contributed by atoms with van der Waals surface area (Å²) in [5, 5.41) is 0. The lowest BCUT2D eigenvalue weighted by Gasteiger charge is -2.24. The highest BCUT2D eigenvalue weighted by atomic mass is 32.3. The molecule has 0 spiro atoms. The summed E-state index contributed by atoms with van der Waals surface area (Å²) < 4.78 is 65.5. The van der Waals surface area contributed by atoms with Gasteiger partial charge in [0, 0.05) is 6.04 Å². The first kappa shape index (κ1) is 58.4. The minimum absolute atomic E-state index is 0.823. The number of hydrogen-bond acceptors (Lipinski definition) is 6. The molecule has 0 saturated carbocycles. The van der Waals surface area contributed by atoms with Gasteiger partial charge < -0.3 is 13.9 Å². The van der Waals surface area contributed by atoms with Crippen LogP contribution in [-0.4, -0.2) is 92.3 Å². The highest BCUT2D eigenvalue weighted by molar-refractivity contribution is 7.80. The maximum absolute atomic E-state index is 8.74. The fourth-order valence-electron chi connectivity index (χ4n) is 6.12. The first-order valence-electron chi connectivity index (χ1n) is 21.1. The quantitative estimate of drug-likeness (QED) is 0.0261. The van der Waals surface area contributed by atoms with Gasteiger partial charge in [-0.15, -0.1) is 0 Å². The van der Waals surface area contributed by atoms with Crippen molar-refractivity contribution in [3.05, 3.63) is 0 Å². The molecule has 0 aromatic heterocycles. The lowest BCUT2D eigenvalue weighted by atomic mass is 9.99. The Morgan fingerprint density at radius 2 is 0.654 bits per heavy atom. The summed E-state index contributed by atoms with van der Waals surface area (Å²) >= 11 is 0. The number of quaternary nitrogens is 1. The van der Waals surface area contributed by atoms with Gasteiger partial charge in [-0.25, -0.2) is 8.42 Å². The Labute approximate surface area is 325 Å². The molecule has 0 aliphatic heterocycles. The Kier molecular flexibility index (Phi) is 46.9. The van der Waals surface area contributed by atoms with Crippen molar-refractivity contribution < 1.29 is 39.5 Å². The number of unbranched alkanes of at least 4 members (excludes halogenated alkanes) is 25. The SMILES string of the molecule is CCCCCCCCCCCCC(CCCCCCCCCC)N(C)C.CCCCCCCCCCCC[N+](C)(C)C.O=S(=O)(O)O.O=S(=O)([O-])O. The molecule has 0 aromatic carbocycles. The molecule has 3 N–H and O–H groups in total. The van der Waals surface area contributed by atoms with E-state index in [1.165, 1.54) is 199 Å². The Balaban J connectivity index is -0.000000372. The second-order valence-corrected chi connectivity index (χ2v) is 17.7. The molecule has 10 nitrogen and oxygen atoms in total. The second kappa shape index (κ2) is 41.8. The molecule has 0 heterocycles. The highest BCUT2D eigenvalue weighted by Gasteiger charge is 2.10. The summed E-state index contributed by atoms with van der Waals surface area (Å²) in [6.07, 6.45) is 43.3. The zero-order chi connectivity index (χ0) is 40.6. The third-order valence-electron chi connectivity index (χ3n) is 9.19. The molecule has 1 unspecified atom stereocenters. The Morgan fingerprint density at radius 1 is 0.462 bits per heavy atom. The molecule has 320 valence electrons. The molecule has 0 aromatic rings. The van der Waals surface area contributed by atoms with E-state index in [1.54, 1.807) is 0 Å². The van der Waals surface area contributed by atoms with Crippen LogP contribution in [0.4, 0.5) is 0 Å². The Hall–Kier alpha value is -0.340. The third-order valence-corrected chi connectivity index (χ3v) is 9.19. The van der Waals surface area contributed by atoms with E-state index in [0.29, 0.717) is 0 Å². The van der Waals surface area contributed by atoms with E-state index >= 15 is 0 Å². The summed E-state index contributed by atoms with van der Waals surface area (Å²) in [6.45, 7) is 8.22. The largest absolute Gasteiger partial charge is 0.726 e. The lowest BCUT2D eigenvalue weighted by Crippen LogP contribution is -2.35. The van der Waals surface area contributed by atoms with Crippen LogP contribution < -0.4 is 0 Å². The van der Waals surface area contributed by atoms with Gasteiger partial charge in [-0.05, 0) is 39.8 Å². The number of hydrogen-bond donors (Lipinski definition) is 3. The molecule has 0 bridgehead atoms. The fourth-order valence-corrected chi connectivity index (χ4v) is 6.12. The molecule has 0 fully saturated rings. The molecule has 1 atom stereocenters. The maximum Gasteiger partial charge on any atom is 0.394 e. The van der Waals surface area contributed by atoms with Crippen molar-refractivity contribution in [2.75, 3.05) is 41.8 Å². The predicted molar refractivity (Wildman–Crippen MR) is 222 cm³/mol. The van der Waals surface area contributed by atoms with E-state index in [4.69, 9.17) is 35.0 Å². The van der Waals surface area contributed by atoms with Gasteiger partial charge in [-0.1, -0.05) is 188 Å². The average molecular weight is 791 g/mol. The van der Waals surface area contributed by atoms with Gasteiger partial charge in [0.2, 0.25) is 10.4 Å². The van der Waals surface area contributed by atoms with E-state index in [9.17, 15) is 0 Å². The third kappa shape index (κ3) is 78.7. The molecule has 0 aliphatic carbocycles. The van der Waals surface area contributed by atoms with Crippen LogP contribution in [0, 0.1) is 0 Å². The fraction of sp³-hybridized carbons (Fsp3) is 1.00. The Morgan fingerprint density at radius 3 is 0.846 bits per heavy atom. The van der Waals surface area contributed by atoms with Gasteiger partial charge in [0.25, 0.3) is 0 Å². The van der Waals surface area contributed by atoms with Crippen LogP contribution in [0.2, 0.25) is 0 Å². The summed E-state index contributed by atoms with van der Waals surface area (Å²) in [4.78, 5) is 2.48. The van der Waals surface area contributed by atoms with Gasteiger partial charge in [-0.2, -0.15) is 8.42 Å². The molecule has 0 rings (SSSR count). The van der Waals surface area contributed by atoms with Crippen molar-refractivity contribution in [2.45, 2.75) is 219 Å². The van der Waals surface area contributed by atoms with Gasteiger partial charge in [0.05, 0.1) is 27.7 Å². The van der Waals surface area contributed by atoms with Crippen LogP contribution in [0.25, 0.3) is 0 Å². The number of rotatable bonds is 32. The monoisotopic (exact) mass is 791 g/mol. The molecule has 0 saturated heterocycles. The average Bonchev–Trinajstić information content (AvgIpc) is 3.01. The minimum Gasteiger partial charge on any atom is -0.726 e. The van der Waals surface area contributed by atoms with Crippen LogP contribution >= 0.6 is 0 Å². The highest BCUT2D eigenvalue weighted by Crippen LogP contribution is 2.18. The zero-order valence-corrected chi connectivity index (χ0v) is 37.2. The summed E-state index contributed by atoms with van der Waals surface area (Å²) in [5.41, 5.74) is 0. The van der Waals surface area contributed by atoms with Gasteiger partial charge in [-0.3, -0.25) is 13.7 Å².